The second kappa shape index (κ2) is 2.06. The largest absolute Gasteiger partial charge is 0.396 e. The second-order valence-corrected chi connectivity index (χ2v) is 1.89. The lowest BCUT2D eigenvalue weighted by Gasteiger charge is -1.94. The molecule has 1 rings (SSSR count). The van der Waals surface area contributed by atoms with Gasteiger partial charge in [0.25, 0.3) is 0 Å². The number of nitrogen functional groups attached to an aromatic ring is 2. The van der Waals surface area contributed by atoms with Crippen LogP contribution in [-0.2, 0) is 0 Å². The van der Waals surface area contributed by atoms with Crippen molar-refractivity contribution >= 4 is 23.1 Å². The number of halogens is 1. The summed E-state index contributed by atoms with van der Waals surface area (Å²) in [6.07, 6.45) is 0. The molecule has 0 saturated carbocycles. The van der Waals surface area contributed by atoms with Crippen molar-refractivity contribution in [3.05, 3.63) is 11.2 Å². The summed E-state index contributed by atoms with van der Waals surface area (Å²) in [4.78, 5) is 0. The molecule has 4 nitrogen and oxygen atoms in total. The van der Waals surface area contributed by atoms with Crippen molar-refractivity contribution in [2.75, 3.05) is 11.5 Å². The zero-order valence-electron chi connectivity index (χ0n) is 4.50. The summed E-state index contributed by atoms with van der Waals surface area (Å²) in [5.74, 6) is 0.208. The molecule has 5 heteroatoms. The minimum absolute atomic E-state index is 0.208. The molecule has 0 amide bonds. The Morgan fingerprint density at radius 2 is 2.00 bits per heavy atom. The zero-order chi connectivity index (χ0) is 6.85. The Labute approximate surface area is 56.8 Å². The van der Waals surface area contributed by atoms with Crippen LogP contribution < -0.4 is 11.5 Å². The van der Waals surface area contributed by atoms with Gasteiger partial charge >= 0.3 is 0 Å². The van der Waals surface area contributed by atoms with Crippen LogP contribution in [0.15, 0.2) is 6.07 Å². The van der Waals surface area contributed by atoms with Crippen molar-refractivity contribution in [2.24, 2.45) is 0 Å². The first-order valence-corrected chi connectivity index (χ1v) is 2.62. The van der Waals surface area contributed by atoms with Crippen molar-refractivity contribution < 1.29 is 0 Å². The van der Waals surface area contributed by atoms with E-state index in [1.807, 2.05) is 0 Å². The van der Waals surface area contributed by atoms with Gasteiger partial charge in [-0.25, -0.2) is 0 Å². The zero-order valence-corrected chi connectivity index (χ0v) is 5.26. The van der Waals surface area contributed by atoms with Gasteiger partial charge in [-0.3, -0.25) is 0 Å². The van der Waals surface area contributed by atoms with E-state index in [4.69, 9.17) is 23.1 Å². The smallest absolute Gasteiger partial charge is 0.169 e. The van der Waals surface area contributed by atoms with E-state index in [1.165, 1.54) is 6.07 Å². The van der Waals surface area contributed by atoms with E-state index in [9.17, 15) is 0 Å². The average molecular weight is 145 g/mol. The Bertz CT molecular complexity index is 224. The van der Waals surface area contributed by atoms with Crippen molar-refractivity contribution in [3.8, 4) is 0 Å². The van der Waals surface area contributed by atoms with Crippen molar-refractivity contribution in [1.82, 2.24) is 10.2 Å². The van der Waals surface area contributed by atoms with Gasteiger partial charge in [0.2, 0.25) is 0 Å². The molecular weight excluding hydrogens is 140 g/mol. The molecule has 0 aliphatic heterocycles. The second-order valence-electron chi connectivity index (χ2n) is 1.51. The Kier molecular flexibility index (Phi) is 1.40. The summed E-state index contributed by atoms with van der Waals surface area (Å²) in [5, 5.41) is 7.15. The van der Waals surface area contributed by atoms with Gasteiger partial charge in [-0.1, -0.05) is 11.6 Å². The van der Waals surface area contributed by atoms with Crippen LogP contribution >= 0.6 is 11.6 Å². The van der Waals surface area contributed by atoms with Crippen LogP contribution in [-0.4, -0.2) is 10.2 Å². The number of hydrogen-bond acceptors (Lipinski definition) is 4. The predicted molar refractivity (Wildman–Crippen MR) is 35.9 cm³/mol. The minimum Gasteiger partial charge on any atom is -0.396 e. The van der Waals surface area contributed by atoms with E-state index in [1.54, 1.807) is 0 Å². The van der Waals surface area contributed by atoms with Gasteiger partial charge in [0.1, 0.15) is 0 Å². The molecule has 0 radical (unpaired) electrons. The molecule has 0 saturated heterocycles. The van der Waals surface area contributed by atoms with Crippen LogP contribution in [0.2, 0.25) is 5.15 Å². The third-order valence-electron chi connectivity index (χ3n) is 0.824. The topological polar surface area (TPSA) is 77.8 Å². The maximum absolute atomic E-state index is 5.41. The maximum Gasteiger partial charge on any atom is 0.169 e. The summed E-state index contributed by atoms with van der Waals surface area (Å²) in [7, 11) is 0. The average Bonchev–Trinajstić information content (AvgIpc) is 1.80. The van der Waals surface area contributed by atoms with E-state index in [0.717, 1.165) is 0 Å². The van der Waals surface area contributed by atoms with Crippen LogP contribution in [0.4, 0.5) is 11.5 Å². The molecule has 0 fully saturated rings. The number of hydrogen-bond donors (Lipinski definition) is 2. The number of rotatable bonds is 0. The molecule has 0 spiro atoms. The fourth-order valence-electron chi connectivity index (χ4n) is 0.390. The van der Waals surface area contributed by atoms with Gasteiger partial charge in [-0.15, -0.1) is 10.2 Å². The third kappa shape index (κ3) is 1.20. The van der Waals surface area contributed by atoms with Gasteiger partial charge in [-0.05, 0) is 0 Å². The molecule has 0 aromatic carbocycles. The van der Waals surface area contributed by atoms with Gasteiger partial charge in [0.05, 0.1) is 5.69 Å². The van der Waals surface area contributed by atoms with Crippen molar-refractivity contribution in [3.63, 3.8) is 0 Å². The van der Waals surface area contributed by atoms with Gasteiger partial charge in [0.15, 0.2) is 11.0 Å². The number of nitrogens with two attached hydrogens (primary N) is 2. The number of aromatic nitrogens is 2. The van der Waals surface area contributed by atoms with Crippen LogP contribution in [0, 0.1) is 0 Å². The fraction of sp³-hybridized carbons (Fsp3) is 0. The van der Waals surface area contributed by atoms with E-state index in [-0.39, 0.29) is 11.0 Å². The third-order valence-corrected chi connectivity index (χ3v) is 1.01. The molecule has 0 aliphatic rings. The summed E-state index contributed by atoms with van der Waals surface area (Å²) >= 11 is 5.41. The maximum atomic E-state index is 5.41. The normalized spacial score (nSPS) is 9.44. The highest BCUT2D eigenvalue weighted by atomic mass is 35.5. The van der Waals surface area contributed by atoms with E-state index >= 15 is 0 Å². The molecule has 0 atom stereocenters. The molecule has 48 valence electrons. The van der Waals surface area contributed by atoms with Crippen molar-refractivity contribution in [1.29, 1.82) is 0 Å². The standard InChI is InChI=1S/C4H5ClN4/c5-3-1-2(6)4(7)9-8-3/h1H,(H2,6,8)(H2,7,9). The Morgan fingerprint density at radius 3 is 2.44 bits per heavy atom. The summed E-state index contributed by atoms with van der Waals surface area (Å²) in [6.45, 7) is 0. The minimum atomic E-state index is 0.208. The van der Waals surface area contributed by atoms with Crippen LogP contribution in [0.1, 0.15) is 0 Å². The Balaban J connectivity index is 3.17. The van der Waals surface area contributed by atoms with E-state index in [0.29, 0.717) is 5.69 Å². The van der Waals surface area contributed by atoms with Crippen LogP contribution in [0.3, 0.4) is 0 Å². The first-order chi connectivity index (χ1) is 4.20. The SMILES string of the molecule is Nc1cc(Cl)nnc1N. The summed E-state index contributed by atoms with van der Waals surface area (Å²) in [6, 6.07) is 1.45. The van der Waals surface area contributed by atoms with Gasteiger partial charge in [0, 0.05) is 6.07 Å². The molecular formula is C4H5ClN4. The molecule has 0 aliphatic carbocycles. The molecule has 1 heterocycles. The summed E-state index contributed by atoms with van der Waals surface area (Å²) < 4.78 is 0. The molecule has 9 heavy (non-hydrogen) atoms. The van der Waals surface area contributed by atoms with Gasteiger partial charge < -0.3 is 11.5 Å². The van der Waals surface area contributed by atoms with E-state index < -0.39 is 0 Å². The lowest BCUT2D eigenvalue weighted by atomic mass is 10.5. The lowest BCUT2D eigenvalue weighted by molar-refractivity contribution is 1.05. The van der Waals surface area contributed by atoms with E-state index in [2.05, 4.69) is 10.2 Å². The predicted octanol–water partition coefficient (Wildman–Crippen LogP) is 0.294. The monoisotopic (exact) mass is 144 g/mol. The number of anilines is 2. The highest BCUT2D eigenvalue weighted by molar-refractivity contribution is 6.29. The highest BCUT2D eigenvalue weighted by Gasteiger charge is 1.95. The van der Waals surface area contributed by atoms with Crippen molar-refractivity contribution in [2.45, 2.75) is 0 Å². The molecule has 4 N–H and O–H groups in total. The van der Waals surface area contributed by atoms with Crippen LogP contribution in [0.25, 0.3) is 0 Å². The first kappa shape index (κ1) is 6.10. The fourth-order valence-corrected chi connectivity index (χ4v) is 0.546. The molecule has 0 bridgehead atoms. The van der Waals surface area contributed by atoms with Crippen LogP contribution in [0.5, 0.6) is 0 Å². The molecule has 0 unspecified atom stereocenters. The lowest BCUT2D eigenvalue weighted by Crippen LogP contribution is -1.98. The Hall–Kier alpha value is -1.03. The Morgan fingerprint density at radius 1 is 1.33 bits per heavy atom. The summed E-state index contributed by atoms with van der Waals surface area (Å²) in [5.41, 5.74) is 10.9. The number of nitrogens with zero attached hydrogens (tertiary/aromatic N) is 2. The quantitative estimate of drug-likeness (QED) is 0.549. The molecule has 1 aromatic heterocycles. The molecule has 1 aromatic rings. The first-order valence-electron chi connectivity index (χ1n) is 2.24. The van der Waals surface area contributed by atoms with Gasteiger partial charge in [-0.2, -0.15) is 0 Å². The highest BCUT2D eigenvalue weighted by Crippen LogP contribution is 2.12.